The van der Waals surface area contributed by atoms with Crippen LogP contribution in [-0.2, 0) is 0 Å². The average molecular weight is 727 g/mol. The van der Waals surface area contributed by atoms with Crippen molar-refractivity contribution >= 4 is 65.6 Å². The summed E-state index contributed by atoms with van der Waals surface area (Å²) in [5, 5.41) is 7.31. The quantitative estimate of drug-likeness (QED) is 0.173. The van der Waals surface area contributed by atoms with Crippen molar-refractivity contribution in [2.75, 3.05) is 0 Å². The Morgan fingerprint density at radius 2 is 0.737 bits per heavy atom. The topological polar surface area (TPSA) is 23.0 Å². The molecule has 3 aromatic heterocycles. The Balaban J connectivity index is 0.904. The van der Waals surface area contributed by atoms with Crippen LogP contribution in [0, 0.1) is 0 Å². The first-order valence-electron chi connectivity index (χ1n) is 19.5. The SMILES string of the molecule is c1ccc(-n2c3ccccc3c3cc(-c4ccc(-c5ccc6c(c5)c5ccccc5n6-c5ccc(-c6cccc7oc8ccccc8c67)cc5)cc4)ccc32)cc1. The van der Waals surface area contributed by atoms with Gasteiger partial charge in [-0.15, -0.1) is 0 Å². The largest absolute Gasteiger partial charge is 0.456 e. The van der Waals surface area contributed by atoms with Crippen LogP contribution in [0.2, 0.25) is 0 Å². The van der Waals surface area contributed by atoms with Crippen molar-refractivity contribution < 1.29 is 4.42 Å². The molecule has 0 bridgehead atoms. The van der Waals surface area contributed by atoms with Gasteiger partial charge in [-0.05, 0) is 106 Å². The number of rotatable bonds is 5. The molecule has 9 aromatic carbocycles. The molecule has 0 spiro atoms. The lowest BCUT2D eigenvalue weighted by molar-refractivity contribution is 0.669. The zero-order valence-corrected chi connectivity index (χ0v) is 30.9. The maximum atomic E-state index is 6.20. The van der Waals surface area contributed by atoms with Gasteiger partial charge in [0.15, 0.2) is 0 Å². The van der Waals surface area contributed by atoms with Crippen molar-refractivity contribution in [2.45, 2.75) is 0 Å². The van der Waals surface area contributed by atoms with Gasteiger partial charge < -0.3 is 13.6 Å². The molecule has 3 heteroatoms. The maximum Gasteiger partial charge on any atom is 0.136 e. The summed E-state index contributed by atoms with van der Waals surface area (Å²) in [5.41, 5.74) is 16.1. The van der Waals surface area contributed by atoms with E-state index < -0.39 is 0 Å². The van der Waals surface area contributed by atoms with Gasteiger partial charge in [0, 0.05) is 43.7 Å². The number of para-hydroxylation sites is 4. The van der Waals surface area contributed by atoms with E-state index in [1.807, 2.05) is 12.1 Å². The maximum absolute atomic E-state index is 6.20. The minimum Gasteiger partial charge on any atom is -0.456 e. The standard InChI is InChI=1S/C54H34N2O/c1-2-11-40(12-3-1)55-48-17-7-4-13-43(48)46-33-38(27-31-50(46)55)35-21-23-36(24-22-35)39-28-32-51-47(34-39)44-14-5-8-18-49(44)56(51)41-29-25-37(26-30-41)42-16-10-20-53-54(42)45-15-6-9-19-52(45)57-53/h1-34H. The van der Waals surface area contributed by atoms with Crippen LogP contribution in [0.25, 0.3) is 110 Å². The summed E-state index contributed by atoms with van der Waals surface area (Å²) < 4.78 is 11.0. The van der Waals surface area contributed by atoms with Gasteiger partial charge in [-0.3, -0.25) is 0 Å². The van der Waals surface area contributed by atoms with Gasteiger partial charge in [-0.1, -0.05) is 133 Å². The summed E-state index contributed by atoms with van der Waals surface area (Å²) in [5.74, 6) is 0. The van der Waals surface area contributed by atoms with Crippen LogP contribution in [0.3, 0.4) is 0 Å². The normalized spacial score (nSPS) is 11.9. The number of benzene rings is 9. The molecule has 0 atom stereocenters. The van der Waals surface area contributed by atoms with Gasteiger partial charge in [-0.25, -0.2) is 0 Å². The van der Waals surface area contributed by atoms with E-state index in [4.69, 9.17) is 4.42 Å². The van der Waals surface area contributed by atoms with Gasteiger partial charge in [0.05, 0.1) is 22.1 Å². The molecule has 0 aliphatic carbocycles. The molecule has 0 N–H and O–H groups in total. The van der Waals surface area contributed by atoms with Gasteiger partial charge in [0.2, 0.25) is 0 Å². The molecule has 3 heterocycles. The second-order valence-corrected chi connectivity index (χ2v) is 14.9. The van der Waals surface area contributed by atoms with Crippen molar-refractivity contribution in [3.8, 4) is 44.8 Å². The van der Waals surface area contributed by atoms with Gasteiger partial charge in [0.25, 0.3) is 0 Å². The Hall–Kier alpha value is -7.62. The molecule has 3 nitrogen and oxygen atoms in total. The second-order valence-electron chi connectivity index (χ2n) is 14.9. The van der Waals surface area contributed by atoms with E-state index in [0.29, 0.717) is 0 Å². The molecular weight excluding hydrogens is 693 g/mol. The van der Waals surface area contributed by atoms with E-state index in [0.717, 1.165) is 27.6 Å². The van der Waals surface area contributed by atoms with Crippen LogP contribution in [0.15, 0.2) is 211 Å². The molecule has 12 aromatic rings. The second kappa shape index (κ2) is 12.5. The molecule has 0 saturated heterocycles. The number of nitrogens with zero attached hydrogens (tertiary/aromatic N) is 2. The third kappa shape index (κ3) is 4.92. The molecule has 0 aliphatic rings. The minimum absolute atomic E-state index is 0.913. The van der Waals surface area contributed by atoms with E-state index in [1.165, 1.54) is 82.7 Å². The summed E-state index contributed by atoms with van der Waals surface area (Å²) in [7, 11) is 0. The van der Waals surface area contributed by atoms with Crippen LogP contribution in [0.1, 0.15) is 0 Å². The van der Waals surface area contributed by atoms with Crippen LogP contribution < -0.4 is 0 Å². The Bertz CT molecular complexity index is 3490. The molecule has 266 valence electrons. The van der Waals surface area contributed by atoms with E-state index in [1.54, 1.807) is 0 Å². The van der Waals surface area contributed by atoms with Crippen molar-refractivity contribution in [1.82, 2.24) is 9.13 Å². The highest BCUT2D eigenvalue weighted by atomic mass is 16.3. The zero-order chi connectivity index (χ0) is 37.5. The number of furan rings is 1. The number of hydrogen-bond donors (Lipinski definition) is 0. The lowest BCUT2D eigenvalue weighted by Gasteiger charge is -2.11. The van der Waals surface area contributed by atoms with Gasteiger partial charge >= 0.3 is 0 Å². The molecular formula is C54H34N2O. The lowest BCUT2D eigenvalue weighted by atomic mass is 9.98. The monoisotopic (exact) mass is 726 g/mol. The van der Waals surface area contributed by atoms with Crippen LogP contribution >= 0.6 is 0 Å². The Morgan fingerprint density at radius 1 is 0.281 bits per heavy atom. The summed E-state index contributed by atoms with van der Waals surface area (Å²) in [6.45, 7) is 0. The summed E-state index contributed by atoms with van der Waals surface area (Å²) in [6.07, 6.45) is 0. The predicted octanol–water partition coefficient (Wildman–Crippen LogP) is 14.8. The fourth-order valence-corrected chi connectivity index (χ4v) is 9.10. The van der Waals surface area contributed by atoms with E-state index in [2.05, 4.69) is 203 Å². The fourth-order valence-electron chi connectivity index (χ4n) is 9.10. The van der Waals surface area contributed by atoms with E-state index in [9.17, 15) is 0 Å². The molecule has 0 fully saturated rings. The first-order valence-corrected chi connectivity index (χ1v) is 19.5. The van der Waals surface area contributed by atoms with Crippen LogP contribution in [0.4, 0.5) is 0 Å². The van der Waals surface area contributed by atoms with Gasteiger partial charge in [0.1, 0.15) is 11.2 Å². The average Bonchev–Trinajstić information content (AvgIpc) is 3.94. The number of fused-ring (bicyclic) bond motifs is 9. The summed E-state index contributed by atoms with van der Waals surface area (Å²) >= 11 is 0. The van der Waals surface area contributed by atoms with E-state index >= 15 is 0 Å². The lowest BCUT2D eigenvalue weighted by Crippen LogP contribution is -1.93. The van der Waals surface area contributed by atoms with Crippen LogP contribution in [0.5, 0.6) is 0 Å². The first-order chi connectivity index (χ1) is 28.3. The number of hydrogen-bond acceptors (Lipinski definition) is 1. The highest BCUT2D eigenvalue weighted by Gasteiger charge is 2.17. The third-order valence-corrected chi connectivity index (χ3v) is 11.8. The predicted molar refractivity (Wildman–Crippen MR) is 239 cm³/mol. The van der Waals surface area contributed by atoms with Crippen molar-refractivity contribution in [3.63, 3.8) is 0 Å². The molecule has 12 rings (SSSR count). The molecule has 0 amide bonds. The van der Waals surface area contributed by atoms with Gasteiger partial charge in [-0.2, -0.15) is 0 Å². The highest BCUT2D eigenvalue weighted by Crippen LogP contribution is 2.40. The Labute approximate surface area is 328 Å². The minimum atomic E-state index is 0.913. The molecule has 0 saturated carbocycles. The van der Waals surface area contributed by atoms with Crippen LogP contribution in [-0.4, -0.2) is 9.13 Å². The highest BCUT2D eigenvalue weighted by molar-refractivity contribution is 6.13. The molecule has 0 radical (unpaired) electrons. The molecule has 0 unspecified atom stereocenters. The Kier molecular flexibility index (Phi) is 6.93. The molecule has 57 heavy (non-hydrogen) atoms. The smallest absolute Gasteiger partial charge is 0.136 e. The fraction of sp³-hybridized carbons (Fsp3) is 0. The zero-order valence-electron chi connectivity index (χ0n) is 30.9. The Morgan fingerprint density at radius 3 is 1.35 bits per heavy atom. The van der Waals surface area contributed by atoms with Crippen molar-refractivity contribution in [1.29, 1.82) is 0 Å². The first kappa shape index (κ1) is 31.7. The van der Waals surface area contributed by atoms with Crippen molar-refractivity contribution in [3.05, 3.63) is 206 Å². The third-order valence-electron chi connectivity index (χ3n) is 11.8. The number of aromatic nitrogens is 2. The van der Waals surface area contributed by atoms with E-state index in [-0.39, 0.29) is 0 Å². The summed E-state index contributed by atoms with van der Waals surface area (Å²) in [6, 6.07) is 74.5. The summed E-state index contributed by atoms with van der Waals surface area (Å²) in [4.78, 5) is 0. The molecule has 0 aliphatic heterocycles. The van der Waals surface area contributed by atoms with Crippen molar-refractivity contribution in [2.24, 2.45) is 0 Å².